The third-order valence-corrected chi connectivity index (χ3v) is 5.48. The van der Waals surface area contributed by atoms with E-state index in [0.29, 0.717) is 24.6 Å². The Morgan fingerprint density at radius 2 is 2.00 bits per heavy atom. The number of nitrogens with zero attached hydrogens (tertiary/aromatic N) is 3. The van der Waals surface area contributed by atoms with E-state index in [1.165, 1.54) is 0 Å². The maximum absolute atomic E-state index is 12.8. The highest BCUT2D eigenvalue weighted by atomic mass is 16.5. The van der Waals surface area contributed by atoms with Crippen LogP contribution in [0.5, 0.6) is 0 Å². The van der Waals surface area contributed by atoms with Crippen molar-refractivity contribution in [3.8, 4) is 0 Å². The molecule has 2 amide bonds. The maximum atomic E-state index is 12.8. The molecule has 2 heterocycles. The van der Waals surface area contributed by atoms with E-state index in [9.17, 15) is 9.59 Å². The molecule has 1 aromatic rings. The molecule has 29 heavy (non-hydrogen) atoms. The summed E-state index contributed by atoms with van der Waals surface area (Å²) in [4.78, 5) is 27.5. The topological polar surface area (TPSA) is 76.5 Å². The predicted molar refractivity (Wildman–Crippen MR) is 114 cm³/mol. The lowest BCUT2D eigenvalue weighted by Gasteiger charge is -2.28. The van der Waals surface area contributed by atoms with Crippen LogP contribution in [0, 0.1) is 5.92 Å². The molecule has 7 nitrogen and oxygen atoms in total. The van der Waals surface area contributed by atoms with Crippen LogP contribution in [0.15, 0.2) is 6.20 Å². The minimum absolute atomic E-state index is 0.0197. The minimum atomic E-state index is -0.444. The first kappa shape index (κ1) is 23.4. The molecule has 2 rings (SSSR count). The van der Waals surface area contributed by atoms with Gasteiger partial charge in [0, 0.05) is 38.5 Å². The Kier molecular flexibility index (Phi) is 8.68. The largest absolute Gasteiger partial charge is 0.369 e. The molecule has 0 saturated carbocycles. The molecule has 0 bridgehead atoms. The van der Waals surface area contributed by atoms with Crippen LogP contribution in [-0.2, 0) is 16.1 Å². The summed E-state index contributed by atoms with van der Waals surface area (Å²) in [5.41, 5.74) is 1.44. The summed E-state index contributed by atoms with van der Waals surface area (Å²) in [6.45, 7) is 14.7. The van der Waals surface area contributed by atoms with E-state index in [1.54, 1.807) is 4.68 Å². The molecular weight excluding hydrogens is 368 g/mol. The van der Waals surface area contributed by atoms with Gasteiger partial charge < -0.3 is 15.0 Å². The van der Waals surface area contributed by atoms with E-state index in [2.05, 4.69) is 24.3 Å². The van der Waals surface area contributed by atoms with Gasteiger partial charge in [-0.1, -0.05) is 27.7 Å². The Balaban J connectivity index is 1.93. The summed E-state index contributed by atoms with van der Waals surface area (Å²) in [6, 6.07) is 0.0197. The van der Waals surface area contributed by atoms with E-state index >= 15 is 0 Å². The zero-order chi connectivity index (χ0) is 21.6. The third kappa shape index (κ3) is 6.29. The van der Waals surface area contributed by atoms with Gasteiger partial charge in [0.15, 0.2) is 0 Å². The summed E-state index contributed by atoms with van der Waals surface area (Å²) in [5.74, 6) is 0.637. The van der Waals surface area contributed by atoms with Crippen LogP contribution in [-0.4, -0.2) is 58.3 Å². The quantitative estimate of drug-likeness (QED) is 0.647. The van der Waals surface area contributed by atoms with E-state index in [1.807, 2.05) is 38.8 Å². The number of hydrogen-bond acceptors (Lipinski definition) is 4. The van der Waals surface area contributed by atoms with Crippen LogP contribution in [0.1, 0.15) is 82.8 Å². The smallest absolute Gasteiger partial charge is 0.254 e. The lowest BCUT2D eigenvalue weighted by molar-refractivity contribution is -0.143. The fourth-order valence-corrected chi connectivity index (χ4v) is 3.63. The number of amides is 2. The van der Waals surface area contributed by atoms with Crippen LogP contribution in [0.3, 0.4) is 0 Å². The molecule has 1 aromatic heterocycles. The van der Waals surface area contributed by atoms with Crippen molar-refractivity contribution in [2.75, 3.05) is 19.7 Å². The van der Waals surface area contributed by atoms with Crippen LogP contribution >= 0.6 is 0 Å². The van der Waals surface area contributed by atoms with Gasteiger partial charge in [0.05, 0.1) is 11.3 Å². The Bertz CT molecular complexity index is 684. The molecule has 2 atom stereocenters. The van der Waals surface area contributed by atoms with Gasteiger partial charge in [0.1, 0.15) is 6.10 Å². The van der Waals surface area contributed by atoms with E-state index in [4.69, 9.17) is 4.74 Å². The SMILES string of the molecule is CCn1cc(C(=O)NC[C@H]2CCCN2C(=O)C(C)OCCC(C)C)c(C(C)C)n1. The summed E-state index contributed by atoms with van der Waals surface area (Å²) in [7, 11) is 0. The number of rotatable bonds is 10. The van der Waals surface area contributed by atoms with Crippen LogP contribution in [0.2, 0.25) is 0 Å². The van der Waals surface area contributed by atoms with E-state index in [0.717, 1.165) is 38.0 Å². The number of ether oxygens (including phenoxy) is 1. The monoisotopic (exact) mass is 406 g/mol. The van der Waals surface area contributed by atoms with Crippen molar-refractivity contribution in [3.05, 3.63) is 17.5 Å². The molecule has 1 aliphatic heterocycles. The second-order valence-electron chi connectivity index (χ2n) is 8.67. The zero-order valence-electron chi connectivity index (χ0n) is 18.9. The standard InChI is InChI=1S/C22H38N4O3/c1-7-25-14-19(20(24-25)16(4)5)21(27)23-13-18-9-8-11-26(18)22(28)17(6)29-12-10-15(2)3/h14-18H,7-13H2,1-6H3,(H,23,27)/t17?,18-/m1/s1. The number of carbonyl (C=O) groups excluding carboxylic acids is 2. The van der Waals surface area contributed by atoms with Crippen molar-refractivity contribution < 1.29 is 14.3 Å². The Morgan fingerprint density at radius 3 is 2.62 bits per heavy atom. The number of aromatic nitrogens is 2. The van der Waals surface area contributed by atoms with Crippen molar-refractivity contribution in [3.63, 3.8) is 0 Å². The van der Waals surface area contributed by atoms with Gasteiger partial charge in [-0.3, -0.25) is 14.3 Å². The summed E-state index contributed by atoms with van der Waals surface area (Å²) >= 11 is 0. The Morgan fingerprint density at radius 1 is 1.28 bits per heavy atom. The molecule has 0 aromatic carbocycles. The zero-order valence-corrected chi connectivity index (χ0v) is 18.9. The average molecular weight is 407 g/mol. The van der Waals surface area contributed by atoms with Gasteiger partial charge in [-0.2, -0.15) is 5.10 Å². The third-order valence-electron chi connectivity index (χ3n) is 5.48. The van der Waals surface area contributed by atoms with Crippen molar-refractivity contribution in [2.45, 2.75) is 85.4 Å². The summed E-state index contributed by atoms with van der Waals surface area (Å²) in [6.07, 6.45) is 4.17. The molecule has 1 saturated heterocycles. The number of aryl methyl sites for hydroxylation is 1. The van der Waals surface area contributed by atoms with Crippen molar-refractivity contribution >= 4 is 11.8 Å². The van der Waals surface area contributed by atoms with Gasteiger partial charge in [0.2, 0.25) is 0 Å². The second kappa shape index (κ2) is 10.8. The number of likely N-dealkylation sites (tertiary alicyclic amines) is 1. The first-order valence-corrected chi connectivity index (χ1v) is 11.0. The number of nitrogens with one attached hydrogen (secondary N) is 1. The molecule has 0 aliphatic carbocycles. The maximum Gasteiger partial charge on any atom is 0.254 e. The molecular formula is C22H38N4O3. The molecule has 1 N–H and O–H groups in total. The van der Waals surface area contributed by atoms with Gasteiger partial charge >= 0.3 is 0 Å². The average Bonchev–Trinajstić information content (AvgIpc) is 3.31. The first-order chi connectivity index (χ1) is 13.7. The van der Waals surface area contributed by atoms with Gasteiger partial charge in [-0.25, -0.2) is 0 Å². The molecule has 7 heteroatoms. The molecule has 1 aliphatic rings. The molecule has 0 spiro atoms. The Labute approximate surface area is 175 Å². The van der Waals surface area contributed by atoms with Gasteiger partial charge in [-0.05, 0) is 44.9 Å². The number of carbonyl (C=O) groups is 2. The molecule has 0 radical (unpaired) electrons. The van der Waals surface area contributed by atoms with Gasteiger partial charge in [0.25, 0.3) is 11.8 Å². The Hall–Kier alpha value is -1.89. The highest BCUT2D eigenvalue weighted by Crippen LogP contribution is 2.20. The number of hydrogen-bond donors (Lipinski definition) is 1. The predicted octanol–water partition coefficient (Wildman–Crippen LogP) is 3.20. The molecule has 1 unspecified atom stereocenters. The van der Waals surface area contributed by atoms with Gasteiger partial charge in [-0.15, -0.1) is 0 Å². The van der Waals surface area contributed by atoms with Crippen LogP contribution < -0.4 is 5.32 Å². The van der Waals surface area contributed by atoms with Crippen molar-refractivity contribution in [1.82, 2.24) is 20.0 Å². The fourth-order valence-electron chi connectivity index (χ4n) is 3.63. The second-order valence-corrected chi connectivity index (χ2v) is 8.67. The highest BCUT2D eigenvalue weighted by molar-refractivity contribution is 5.95. The van der Waals surface area contributed by atoms with E-state index < -0.39 is 6.10 Å². The van der Waals surface area contributed by atoms with Crippen LogP contribution in [0.4, 0.5) is 0 Å². The highest BCUT2D eigenvalue weighted by Gasteiger charge is 2.32. The minimum Gasteiger partial charge on any atom is -0.369 e. The van der Waals surface area contributed by atoms with E-state index in [-0.39, 0.29) is 23.8 Å². The molecule has 1 fully saturated rings. The van der Waals surface area contributed by atoms with Crippen molar-refractivity contribution in [1.29, 1.82) is 0 Å². The fraction of sp³-hybridized carbons (Fsp3) is 0.773. The van der Waals surface area contributed by atoms with Crippen molar-refractivity contribution in [2.24, 2.45) is 5.92 Å². The summed E-state index contributed by atoms with van der Waals surface area (Å²) < 4.78 is 7.54. The first-order valence-electron chi connectivity index (χ1n) is 11.0. The molecule has 164 valence electrons. The lowest BCUT2D eigenvalue weighted by atomic mass is 10.1. The van der Waals surface area contributed by atoms with Crippen LogP contribution in [0.25, 0.3) is 0 Å². The lowest BCUT2D eigenvalue weighted by Crippen LogP contribution is -2.47. The summed E-state index contributed by atoms with van der Waals surface area (Å²) in [5, 5.41) is 7.54. The normalized spacial score (nSPS) is 17.9.